The van der Waals surface area contributed by atoms with E-state index in [0.29, 0.717) is 5.82 Å². The molecule has 2 heterocycles. The van der Waals surface area contributed by atoms with Crippen LogP contribution in [0.3, 0.4) is 0 Å². The second kappa shape index (κ2) is 5.46. The van der Waals surface area contributed by atoms with Gasteiger partial charge in [0, 0.05) is 20.8 Å². The highest BCUT2D eigenvalue weighted by Crippen LogP contribution is 2.25. The number of nitrogen functional groups attached to an aromatic ring is 1. The molecule has 0 aliphatic carbocycles. The fraction of sp³-hybridized carbons (Fsp3) is 0.385. The van der Waals surface area contributed by atoms with Gasteiger partial charge in [-0.2, -0.15) is 0 Å². The first-order chi connectivity index (χ1) is 8.86. The lowest BCUT2D eigenvalue weighted by atomic mass is 9.96. The number of halogens is 1. The molecule has 2 rings (SSSR count). The van der Waals surface area contributed by atoms with Crippen molar-refractivity contribution in [3.05, 3.63) is 32.7 Å². The Balaban J connectivity index is 2.17. The lowest BCUT2D eigenvalue weighted by Gasteiger charge is -2.18. The molecule has 0 aliphatic heterocycles. The summed E-state index contributed by atoms with van der Waals surface area (Å²) in [6.07, 6.45) is 0. The third-order valence-corrected chi connectivity index (χ3v) is 4.46. The molecular formula is C13H17BrN4S. The van der Waals surface area contributed by atoms with E-state index in [-0.39, 0.29) is 5.41 Å². The number of nitrogens with two attached hydrogens (primary N) is 1. The Hall–Kier alpha value is -1.14. The van der Waals surface area contributed by atoms with Crippen molar-refractivity contribution in [1.82, 2.24) is 9.97 Å². The van der Waals surface area contributed by atoms with Crippen LogP contribution >= 0.6 is 27.3 Å². The Morgan fingerprint density at radius 3 is 2.68 bits per heavy atom. The van der Waals surface area contributed by atoms with Crippen LogP contribution in [0, 0.1) is 0 Å². The van der Waals surface area contributed by atoms with Gasteiger partial charge >= 0.3 is 0 Å². The van der Waals surface area contributed by atoms with Gasteiger partial charge in [0.25, 0.3) is 0 Å². The summed E-state index contributed by atoms with van der Waals surface area (Å²) in [5.74, 6) is 2.01. The number of nitrogens with one attached hydrogen (secondary N) is 1. The highest BCUT2D eigenvalue weighted by Gasteiger charge is 2.18. The van der Waals surface area contributed by atoms with E-state index in [1.165, 1.54) is 4.88 Å². The molecule has 0 spiro atoms. The molecule has 2 aromatic rings. The van der Waals surface area contributed by atoms with Crippen LogP contribution in [0.5, 0.6) is 0 Å². The summed E-state index contributed by atoms with van der Waals surface area (Å²) in [7, 11) is 0. The molecule has 3 N–H and O–H groups in total. The SMILES string of the molecule is CC(C)(C)c1nc(N)cc(NCc2sccc2Br)n1. The van der Waals surface area contributed by atoms with Crippen LogP contribution in [0.15, 0.2) is 22.0 Å². The van der Waals surface area contributed by atoms with Crippen LogP contribution in [0.25, 0.3) is 0 Å². The summed E-state index contributed by atoms with van der Waals surface area (Å²) in [6, 6.07) is 3.80. The molecule has 0 aliphatic rings. The first-order valence-corrected chi connectivity index (χ1v) is 7.64. The van der Waals surface area contributed by atoms with Gasteiger partial charge in [-0.25, -0.2) is 9.97 Å². The minimum atomic E-state index is -0.116. The number of hydrogen-bond acceptors (Lipinski definition) is 5. The maximum atomic E-state index is 5.84. The van der Waals surface area contributed by atoms with Gasteiger partial charge in [-0.1, -0.05) is 20.8 Å². The van der Waals surface area contributed by atoms with Crippen LogP contribution in [0.2, 0.25) is 0 Å². The number of thiophene rings is 1. The fourth-order valence-electron chi connectivity index (χ4n) is 1.51. The monoisotopic (exact) mass is 340 g/mol. The number of rotatable bonds is 3. The van der Waals surface area contributed by atoms with Gasteiger partial charge in [-0.15, -0.1) is 11.3 Å². The van der Waals surface area contributed by atoms with Crippen molar-refractivity contribution in [2.45, 2.75) is 32.7 Å². The summed E-state index contributed by atoms with van der Waals surface area (Å²) in [5.41, 5.74) is 5.72. The van der Waals surface area contributed by atoms with Crippen molar-refractivity contribution in [2.24, 2.45) is 0 Å². The highest BCUT2D eigenvalue weighted by molar-refractivity contribution is 9.10. The van der Waals surface area contributed by atoms with E-state index in [1.54, 1.807) is 17.4 Å². The van der Waals surface area contributed by atoms with E-state index in [1.807, 2.05) is 6.07 Å². The molecule has 0 saturated heterocycles. The van der Waals surface area contributed by atoms with E-state index in [0.717, 1.165) is 22.7 Å². The highest BCUT2D eigenvalue weighted by atomic mass is 79.9. The van der Waals surface area contributed by atoms with Gasteiger partial charge in [0.15, 0.2) is 0 Å². The number of anilines is 2. The number of aromatic nitrogens is 2. The van der Waals surface area contributed by atoms with E-state index >= 15 is 0 Å². The van der Waals surface area contributed by atoms with E-state index in [4.69, 9.17) is 5.73 Å². The second-order valence-corrected chi connectivity index (χ2v) is 7.15. The zero-order valence-corrected chi connectivity index (χ0v) is 13.6. The quantitative estimate of drug-likeness (QED) is 0.891. The van der Waals surface area contributed by atoms with Gasteiger partial charge in [-0.05, 0) is 27.4 Å². The van der Waals surface area contributed by atoms with Gasteiger partial charge < -0.3 is 11.1 Å². The summed E-state index contributed by atoms with van der Waals surface area (Å²) < 4.78 is 1.11. The molecule has 0 fully saturated rings. The van der Waals surface area contributed by atoms with Gasteiger partial charge in [0.2, 0.25) is 0 Å². The standard InChI is InChI=1S/C13H17BrN4S/c1-13(2,3)12-17-10(15)6-11(18-12)16-7-9-8(14)4-5-19-9/h4-6H,7H2,1-3H3,(H3,15,16,17,18). The molecule has 0 aromatic carbocycles. The lowest BCUT2D eigenvalue weighted by Crippen LogP contribution is -2.18. The average Bonchev–Trinajstić information content (AvgIpc) is 2.70. The second-order valence-electron chi connectivity index (χ2n) is 5.30. The Morgan fingerprint density at radius 2 is 2.11 bits per heavy atom. The van der Waals surface area contributed by atoms with Crippen molar-refractivity contribution in [2.75, 3.05) is 11.1 Å². The van der Waals surface area contributed by atoms with Crippen molar-refractivity contribution in [3.8, 4) is 0 Å². The van der Waals surface area contributed by atoms with Crippen LogP contribution in [0.1, 0.15) is 31.5 Å². The van der Waals surface area contributed by atoms with Gasteiger partial charge in [0.1, 0.15) is 17.5 Å². The molecule has 0 bridgehead atoms. The predicted molar refractivity (Wildman–Crippen MR) is 84.5 cm³/mol. The molecule has 0 amide bonds. The van der Waals surface area contributed by atoms with Crippen LogP contribution in [-0.2, 0) is 12.0 Å². The first-order valence-electron chi connectivity index (χ1n) is 5.97. The zero-order chi connectivity index (χ0) is 14.0. The number of hydrogen-bond donors (Lipinski definition) is 2. The summed E-state index contributed by atoms with van der Waals surface area (Å²) >= 11 is 5.21. The molecule has 0 saturated carbocycles. The molecule has 19 heavy (non-hydrogen) atoms. The Kier molecular flexibility index (Phi) is 4.10. The zero-order valence-electron chi connectivity index (χ0n) is 11.2. The molecular weight excluding hydrogens is 324 g/mol. The molecule has 4 nitrogen and oxygen atoms in total. The van der Waals surface area contributed by atoms with Crippen LogP contribution in [0.4, 0.5) is 11.6 Å². The molecule has 2 aromatic heterocycles. The summed E-state index contributed by atoms with van der Waals surface area (Å²) in [5, 5.41) is 5.34. The van der Waals surface area contributed by atoms with Crippen molar-refractivity contribution >= 4 is 38.9 Å². The van der Waals surface area contributed by atoms with E-state index in [9.17, 15) is 0 Å². The number of nitrogens with zero attached hydrogens (tertiary/aromatic N) is 2. The minimum absolute atomic E-state index is 0.116. The van der Waals surface area contributed by atoms with Crippen molar-refractivity contribution in [3.63, 3.8) is 0 Å². The molecule has 0 radical (unpaired) electrons. The van der Waals surface area contributed by atoms with Crippen LogP contribution in [-0.4, -0.2) is 9.97 Å². The van der Waals surface area contributed by atoms with Crippen LogP contribution < -0.4 is 11.1 Å². The Morgan fingerprint density at radius 1 is 1.37 bits per heavy atom. The predicted octanol–water partition coefficient (Wildman–Crippen LogP) is 3.79. The maximum absolute atomic E-state index is 5.84. The molecule has 0 atom stereocenters. The average molecular weight is 341 g/mol. The third-order valence-electron chi connectivity index (χ3n) is 2.54. The largest absolute Gasteiger partial charge is 0.384 e. The molecule has 0 unspecified atom stereocenters. The third kappa shape index (κ3) is 3.67. The lowest BCUT2D eigenvalue weighted by molar-refractivity contribution is 0.547. The first kappa shape index (κ1) is 14.3. The summed E-state index contributed by atoms with van der Waals surface area (Å²) in [6.45, 7) is 6.93. The fourth-order valence-corrected chi connectivity index (χ4v) is 2.95. The van der Waals surface area contributed by atoms with E-state index < -0.39 is 0 Å². The maximum Gasteiger partial charge on any atom is 0.138 e. The van der Waals surface area contributed by atoms with Crippen molar-refractivity contribution in [1.29, 1.82) is 0 Å². The molecule has 102 valence electrons. The Bertz CT molecular complexity index is 574. The Labute approximate surface area is 125 Å². The van der Waals surface area contributed by atoms with E-state index in [2.05, 4.69) is 57.4 Å². The van der Waals surface area contributed by atoms with Crippen molar-refractivity contribution < 1.29 is 0 Å². The summed E-state index contributed by atoms with van der Waals surface area (Å²) in [4.78, 5) is 10.0. The normalized spacial score (nSPS) is 11.6. The van der Waals surface area contributed by atoms with Gasteiger partial charge in [-0.3, -0.25) is 0 Å². The minimum Gasteiger partial charge on any atom is -0.384 e. The molecule has 6 heteroatoms. The topological polar surface area (TPSA) is 63.8 Å². The van der Waals surface area contributed by atoms with Gasteiger partial charge in [0.05, 0.1) is 6.54 Å². The smallest absolute Gasteiger partial charge is 0.138 e.